The molecule has 0 radical (unpaired) electrons. The molecule has 3 N–H and O–H groups in total. The molecule has 1 unspecified atom stereocenters. The summed E-state index contributed by atoms with van der Waals surface area (Å²) in [4.78, 5) is 0.945. The van der Waals surface area contributed by atoms with Crippen molar-refractivity contribution in [2.75, 3.05) is 26.4 Å². The van der Waals surface area contributed by atoms with Crippen LogP contribution in [-0.4, -0.2) is 43.8 Å². The normalized spacial score (nSPS) is 13.8. The zero-order chi connectivity index (χ0) is 13.9. The van der Waals surface area contributed by atoms with Crippen LogP contribution >= 0.6 is 11.8 Å². The minimum atomic E-state index is -3.46. The number of thioether (sulfide) groups is 1. The Balaban J connectivity index is 3.07. The molecule has 1 aromatic rings. The summed E-state index contributed by atoms with van der Waals surface area (Å²) in [6, 6.07) is 4.64. The molecule has 0 saturated heterocycles. The van der Waals surface area contributed by atoms with Gasteiger partial charge in [-0.15, -0.1) is 11.8 Å². The van der Waals surface area contributed by atoms with E-state index in [9.17, 15) is 8.42 Å². The third-order valence-corrected chi connectivity index (χ3v) is 5.33. The molecule has 0 heterocycles. The van der Waals surface area contributed by atoms with Crippen molar-refractivity contribution in [3.05, 3.63) is 18.2 Å². The van der Waals surface area contributed by atoms with Gasteiger partial charge in [0.2, 0.25) is 10.0 Å². The smallest absolute Gasteiger partial charge is 0.242 e. The lowest BCUT2D eigenvalue weighted by Gasteiger charge is -2.14. The number of anilines is 1. The molecule has 0 saturated carbocycles. The van der Waals surface area contributed by atoms with Gasteiger partial charge in [-0.1, -0.05) is 6.92 Å². The Labute approximate surface area is 112 Å². The summed E-state index contributed by atoms with van der Waals surface area (Å²) in [5, 5.41) is 9.00. The summed E-state index contributed by atoms with van der Waals surface area (Å²) < 4.78 is 24.9. The Morgan fingerprint density at radius 1 is 1.44 bits per heavy atom. The monoisotopic (exact) mass is 290 g/mol. The lowest BCUT2D eigenvalue weighted by molar-refractivity contribution is 0.300. The number of sulfonamides is 1. The fourth-order valence-electron chi connectivity index (χ4n) is 1.26. The average Bonchev–Trinajstić information content (AvgIpc) is 2.31. The quantitative estimate of drug-likeness (QED) is 0.624. The number of nitrogen functional groups attached to an aromatic ring is 1. The van der Waals surface area contributed by atoms with E-state index in [0.717, 1.165) is 9.20 Å². The lowest BCUT2D eigenvalue weighted by atomic mass is 10.3. The summed E-state index contributed by atoms with van der Waals surface area (Å²) in [6.45, 7) is 1.91. The SMILES string of the molecule is CC(CO)Sc1ccc(S(=O)(=O)N(C)C)cc1N. The lowest BCUT2D eigenvalue weighted by Crippen LogP contribution is -2.22. The summed E-state index contributed by atoms with van der Waals surface area (Å²) in [5.41, 5.74) is 6.24. The number of aliphatic hydroxyl groups excluding tert-OH is 1. The molecule has 0 bridgehead atoms. The second kappa shape index (κ2) is 5.92. The molecule has 0 aliphatic carbocycles. The van der Waals surface area contributed by atoms with Crippen molar-refractivity contribution in [1.82, 2.24) is 4.31 Å². The fraction of sp³-hybridized carbons (Fsp3) is 0.455. The Bertz CT molecular complexity index is 515. The van der Waals surface area contributed by atoms with Crippen LogP contribution in [0.25, 0.3) is 0 Å². The Hall–Kier alpha value is -0.760. The molecule has 0 aliphatic heterocycles. The van der Waals surface area contributed by atoms with Gasteiger partial charge in [0.25, 0.3) is 0 Å². The molecule has 0 amide bonds. The molecule has 0 spiro atoms. The standard InChI is InChI=1S/C11H18N2O3S2/c1-8(7-14)17-11-5-4-9(6-10(11)12)18(15,16)13(2)3/h4-6,8,14H,7,12H2,1-3H3. The van der Waals surface area contributed by atoms with E-state index in [-0.39, 0.29) is 16.8 Å². The van der Waals surface area contributed by atoms with Gasteiger partial charge >= 0.3 is 0 Å². The molecule has 0 aromatic heterocycles. The summed E-state index contributed by atoms with van der Waals surface area (Å²) in [6.07, 6.45) is 0. The van der Waals surface area contributed by atoms with Crippen molar-refractivity contribution in [3.63, 3.8) is 0 Å². The van der Waals surface area contributed by atoms with Crippen molar-refractivity contribution >= 4 is 27.5 Å². The maximum Gasteiger partial charge on any atom is 0.242 e. The minimum absolute atomic E-state index is 0.0172. The highest BCUT2D eigenvalue weighted by molar-refractivity contribution is 8.00. The highest BCUT2D eigenvalue weighted by Gasteiger charge is 2.18. The molecule has 1 aromatic carbocycles. The number of nitrogens with two attached hydrogens (primary N) is 1. The van der Waals surface area contributed by atoms with Crippen molar-refractivity contribution in [1.29, 1.82) is 0 Å². The predicted octanol–water partition coefficient (Wildman–Crippen LogP) is 0.992. The van der Waals surface area contributed by atoms with E-state index in [4.69, 9.17) is 10.8 Å². The maximum atomic E-state index is 11.9. The number of benzene rings is 1. The van der Waals surface area contributed by atoms with Crippen molar-refractivity contribution in [2.24, 2.45) is 0 Å². The molecule has 1 rings (SSSR count). The molecule has 18 heavy (non-hydrogen) atoms. The van der Waals surface area contributed by atoms with E-state index in [2.05, 4.69) is 0 Å². The van der Waals surface area contributed by atoms with Gasteiger partial charge in [-0.05, 0) is 18.2 Å². The van der Waals surface area contributed by atoms with Crippen LogP contribution in [0.3, 0.4) is 0 Å². The maximum absolute atomic E-state index is 11.9. The second-order valence-corrected chi connectivity index (χ2v) is 7.73. The first-order valence-corrected chi connectivity index (χ1v) is 7.70. The van der Waals surface area contributed by atoms with E-state index >= 15 is 0 Å². The summed E-state index contributed by atoms with van der Waals surface area (Å²) in [7, 11) is -0.507. The van der Waals surface area contributed by atoms with E-state index in [1.807, 2.05) is 6.92 Å². The fourth-order valence-corrected chi connectivity index (χ4v) is 3.05. The predicted molar refractivity (Wildman–Crippen MR) is 74.1 cm³/mol. The van der Waals surface area contributed by atoms with Gasteiger partial charge in [0.05, 0.1) is 11.5 Å². The molecular weight excluding hydrogens is 272 g/mol. The van der Waals surface area contributed by atoms with Crippen molar-refractivity contribution in [2.45, 2.75) is 22.0 Å². The van der Waals surface area contributed by atoms with Gasteiger partial charge < -0.3 is 10.8 Å². The Kier molecular flexibility index (Phi) is 5.03. The van der Waals surface area contributed by atoms with E-state index in [1.165, 1.54) is 38.0 Å². The Morgan fingerprint density at radius 3 is 2.50 bits per heavy atom. The van der Waals surface area contributed by atoms with Crippen LogP contribution in [0.4, 0.5) is 5.69 Å². The van der Waals surface area contributed by atoms with Crippen LogP contribution in [0.2, 0.25) is 0 Å². The topological polar surface area (TPSA) is 83.6 Å². The van der Waals surface area contributed by atoms with Gasteiger partial charge in [-0.25, -0.2) is 12.7 Å². The first-order valence-electron chi connectivity index (χ1n) is 5.38. The van der Waals surface area contributed by atoms with Crippen molar-refractivity contribution < 1.29 is 13.5 Å². The molecule has 7 heteroatoms. The third-order valence-electron chi connectivity index (χ3n) is 2.35. The van der Waals surface area contributed by atoms with Gasteiger partial charge in [0, 0.05) is 29.9 Å². The Morgan fingerprint density at radius 2 is 2.06 bits per heavy atom. The van der Waals surface area contributed by atoms with Crippen molar-refractivity contribution in [3.8, 4) is 0 Å². The van der Waals surface area contributed by atoms with Gasteiger partial charge in [-0.2, -0.15) is 0 Å². The molecular formula is C11H18N2O3S2. The summed E-state index contributed by atoms with van der Waals surface area (Å²) >= 11 is 1.41. The van der Waals surface area contributed by atoms with Gasteiger partial charge in [0.15, 0.2) is 0 Å². The number of hydrogen-bond acceptors (Lipinski definition) is 5. The van der Waals surface area contributed by atoms with Crippen LogP contribution in [0.5, 0.6) is 0 Å². The van der Waals surface area contributed by atoms with Crippen LogP contribution in [-0.2, 0) is 10.0 Å². The number of aliphatic hydroxyl groups is 1. The zero-order valence-corrected chi connectivity index (χ0v) is 12.3. The first-order chi connectivity index (χ1) is 8.28. The van der Waals surface area contributed by atoms with Gasteiger partial charge in [0.1, 0.15) is 0 Å². The van der Waals surface area contributed by atoms with E-state index in [1.54, 1.807) is 6.07 Å². The number of rotatable bonds is 5. The molecule has 5 nitrogen and oxygen atoms in total. The average molecular weight is 290 g/mol. The van der Waals surface area contributed by atoms with Crippen LogP contribution in [0, 0.1) is 0 Å². The van der Waals surface area contributed by atoms with Gasteiger partial charge in [-0.3, -0.25) is 0 Å². The largest absolute Gasteiger partial charge is 0.398 e. The molecule has 1 atom stereocenters. The highest BCUT2D eigenvalue weighted by Crippen LogP contribution is 2.30. The van der Waals surface area contributed by atoms with Crippen LogP contribution < -0.4 is 5.73 Å². The minimum Gasteiger partial charge on any atom is -0.398 e. The first kappa shape index (κ1) is 15.3. The molecule has 0 fully saturated rings. The molecule has 0 aliphatic rings. The molecule has 102 valence electrons. The summed E-state index contributed by atoms with van der Waals surface area (Å²) in [5.74, 6) is 0. The van der Waals surface area contributed by atoms with Crippen LogP contribution in [0.15, 0.2) is 28.0 Å². The number of hydrogen-bond donors (Lipinski definition) is 2. The third kappa shape index (κ3) is 3.38. The highest BCUT2D eigenvalue weighted by atomic mass is 32.2. The van der Waals surface area contributed by atoms with E-state index < -0.39 is 10.0 Å². The van der Waals surface area contributed by atoms with E-state index in [0.29, 0.717) is 5.69 Å². The number of nitrogens with zero attached hydrogens (tertiary/aromatic N) is 1. The van der Waals surface area contributed by atoms with Crippen LogP contribution in [0.1, 0.15) is 6.92 Å². The zero-order valence-electron chi connectivity index (χ0n) is 10.6. The second-order valence-electron chi connectivity index (χ2n) is 4.10.